The van der Waals surface area contributed by atoms with Crippen molar-refractivity contribution in [3.63, 3.8) is 0 Å². The maximum atomic E-state index is 12.6. The molecular formula is C32H39N5O5S2. The highest BCUT2D eigenvalue weighted by atomic mass is 32.1. The molecule has 0 spiro atoms. The first-order chi connectivity index (χ1) is 21.3. The van der Waals surface area contributed by atoms with E-state index in [4.69, 9.17) is 17.0 Å². The molecule has 2 aliphatic rings. The van der Waals surface area contributed by atoms with Gasteiger partial charge >= 0.3 is 5.97 Å². The summed E-state index contributed by atoms with van der Waals surface area (Å²) in [5.41, 5.74) is 8.44. The Hall–Kier alpha value is -3.87. The molecule has 0 radical (unpaired) electrons. The Morgan fingerprint density at radius 3 is 2.36 bits per heavy atom. The van der Waals surface area contributed by atoms with Crippen molar-refractivity contribution in [1.29, 1.82) is 0 Å². The number of benzene rings is 2. The Morgan fingerprint density at radius 2 is 1.68 bits per heavy atom. The van der Waals surface area contributed by atoms with Crippen molar-refractivity contribution in [3.8, 4) is 21.9 Å². The number of phenols is 2. The minimum Gasteiger partial charge on any atom is -0.504 e. The van der Waals surface area contributed by atoms with Gasteiger partial charge in [0.05, 0.1) is 12.7 Å². The van der Waals surface area contributed by atoms with E-state index in [2.05, 4.69) is 50.2 Å². The fourth-order valence-electron chi connectivity index (χ4n) is 5.80. The average molecular weight is 638 g/mol. The predicted molar refractivity (Wildman–Crippen MR) is 177 cm³/mol. The van der Waals surface area contributed by atoms with E-state index in [1.54, 1.807) is 12.1 Å². The number of thiocarbonyl (C=S) groups is 1. The van der Waals surface area contributed by atoms with E-state index in [-0.39, 0.29) is 28.9 Å². The van der Waals surface area contributed by atoms with Crippen LogP contribution in [0, 0.1) is 0 Å². The number of carbonyl (C=O) groups excluding carboxylic acids is 2. The predicted octanol–water partition coefficient (Wildman–Crippen LogP) is 5.02. The molecule has 5 rings (SSSR count). The third-order valence-corrected chi connectivity index (χ3v) is 9.55. The standard InChI is InChI=1S/C32H39N5O5S2/c1-42-31(41)25-20-28(22-7-9-23(10-8-22)37-17-13-24(14-18-37)36-15-3-2-4-16-36)44-30(25)33-32(43)35-34-29(40)12-6-21-5-11-26(38)27(39)19-21/h5,7-11,19-20,24,38-39H,2-4,6,12-18H2,1H3,(H,34,40)(H2,33,35,43). The number of methoxy groups -OCH3 is 1. The molecule has 0 aliphatic carbocycles. The van der Waals surface area contributed by atoms with Crippen LogP contribution >= 0.6 is 23.6 Å². The summed E-state index contributed by atoms with van der Waals surface area (Å²) in [4.78, 5) is 30.9. The molecule has 1 amide bonds. The van der Waals surface area contributed by atoms with Crippen LogP contribution in [0.15, 0.2) is 48.5 Å². The van der Waals surface area contributed by atoms with Gasteiger partial charge in [-0.1, -0.05) is 24.6 Å². The number of carbonyl (C=O) groups is 2. The van der Waals surface area contributed by atoms with E-state index < -0.39 is 5.97 Å². The summed E-state index contributed by atoms with van der Waals surface area (Å²) >= 11 is 6.73. The number of esters is 1. The second-order valence-corrected chi connectivity index (χ2v) is 12.6. The molecule has 10 nitrogen and oxygen atoms in total. The number of aryl methyl sites for hydroxylation is 1. The average Bonchev–Trinajstić information content (AvgIpc) is 3.48. The molecule has 44 heavy (non-hydrogen) atoms. The van der Waals surface area contributed by atoms with Gasteiger partial charge < -0.3 is 30.1 Å². The van der Waals surface area contributed by atoms with Crippen LogP contribution in [-0.4, -0.2) is 71.4 Å². The molecule has 3 heterocycles. The minimum atomic E-state index is -0.493. The third-order valence-electron chi connectivity index (χ3n) is 8.25. The molecule has 1 aromatic heterocycles. The molecule has 234 valence electrons. The van der Waals surface area contributed by atoms with Gasteiger partial charge in [-0.2, -0.15) is 0 Å². The number of amides is 1. The van der Waals surface area contributed by atoms with Crippen molar-refractivity contribution in [3.05, 3.63) is 59.7 Å². The van der Waals surface area contributed by atoms with Gasteiger partial charge in [0, 0.05) is 36.1 Å². The Labute approximate surface area is 267 Å². The summed E-state index contributed by atoms with van der Waals surface area (Å²) in [6.45, 7) is 4.60. The van der Waals surface area contributed by atoms with Gasteiger partial charge in [0.25, 0.3) is 0 Å². The maximum absolute atomic E-state index is 12.6. The highest BCUT2D eigenvalue weighted by Gasteiger charge is 2.26. The molecule has 2 fully saturated rings. The van der Waals surface area contributed by atoms with Crippen LogP contribution in [-0.2, 0) is 16.0 Å². The number of thiophene rings is 1. The SMILES string of the molecule is COC(=O)c1cc(-c2ccc(N3CCC(N4CCCCC4)CC3)cc2)sc1NC(=S)NNC(=O)CCc1ccc(O)c(O)c1. The molecular weight excluding hydrogens is 599 g/mol. The van der Waals surface area contributed by atoms with E-state index in [1.807, 2.05) is 0 Å². The minimum absolute atomic E-state index is 0.113. The summed E-state index contributed by atoms with van der Waals surface area (Å²) in [6.07, 6.45) is 6.90. The lowest BCUT2D eigenvalue weighted by Crippen LogP contribution is -2.46. The van der Waals surface area contributed by atoms with Crippen LogP contribution in [0.1, 0.15) is 54.4 Å². The number of nitrogens with zero attached hydrogens (tertiary/aromatic N) is 2. The molecule has 5 N–H and O–H groups in total. The van der Waals surface area contributed by atoms with Crippen molar-refractivity contribution in [2.24, 2.45) is 0 Å². The van der Waals surface area contributed by atoms with Crippen LogP contribution < -0.4 is 21.1 Å². The number of nitrogens with one attached hydrogen (secondary N) is 3. The highest BCUT2D eigenvalue weighted by molar-refractivity contribution is 7.80. The molecule has 12 heteroatoms. The summed E-state index contributed by atoms with van der Waals surface area (Å²) in [5.74, 6) is -1.26. The zero-order valence-corrected chi connectivity index (χ0v) is 26.4. The molecule has 2 saturated heterocycles. The topological polar surface area (TPSA) is 126 Å². The number of hydrogen-bond donors (Lipinski definition) is 5. The molecule has 0 atom stereocenters. The lowest BCUT2D eigenvalue weighted by molar-refractivity contribution is -0.121. The van der Waals surface area contributed by atoms with E-state index in [1.165, 1.54) is 81.5 Å². The number of likely N-dealkylation sites (tertiary alicyclic amines) is 1. The number of piperidine rings is 2. The molecule has 0 saturated carbocycles. The molecule has 3 aromatic rings. The zero-order valence-electron chi connectivity index (χ0n) is 24.8. The normalized spacial score (nSPS) is 15.9. The monoisotopic (exact) mass is 637 g/mol. The van der Waals surface area contributed by atoms with Crippen LogP contribution in [0.25, 0.3) is 10.4 Å². The lowest BCUT2D eigenvalue weighted by Gasteiger charge is -2.41. The van der Waals surface area contributed by atoms with Crippen molar-refractivity contribution in [2.45, 2.75) is 51.0 Å². The second-order valence-electron chi connectivity index (χ2n) is 11.2. The Kier molecular flexibility index (Phi) is 10.6. The van der Waals surface area contributed by atoms with Gasteiger partial charge in [-0.05, 0) is 98.9 Å². The van der Waals surface area contributed by atoms with Gasteiger partial charge in [-0.3, -0.25) is 15.6 Å². The second kappa shape index (κ2) is 14.7. The van der Waals surface area contributed by atoms with Crippen LogP contribution in [0.3, 0.4) is 0 Å². The third kappa shape index (κ3) is 7.99. The summed E-state index contributed by atoms with van der Waals surface area (Å²) < 4.78 is 5.00. The largest absolute Gasteiger partial charge is 0.504 e. The number of anilines is 2. The van der Waals surface area contributed by atoms with E-state index >= 15 is 0 Å². The highest BCUT2D eigenvalue weighted by Crippen LogP contribution is 2.37. The van der Waals surface area contributed by atoms with Crippen LogP contribution in [0.5, 0.6) is 11.5 Å². The molecule has 2 aromatic carbocycles. The van der Waals surface area contributed by atoms with Gasteiger partial charge in [0.1, 0.15) is 5.00 Å². The van der Waals surface area contributed by atoms with Gasteiger partial charge in [-0.25, -0.2) is 4.79 Å². The number of rotatable bonds is 8. The number of aromatic hydroxyl groups is 2. The fraction of sp³-hybridized carbons (Fsp3) is 0.406. The van der Waals surface area contributed by atoms with Crippen LogP contribution in [0.4, 0.5) is 10.7 Å². The first kappa shape index (κ1) is 31.6. The smallest absolute Gasteiger partial charge is 0.340 e. The van der Waals surface area contributed by atoms with E-state index in [9.17, 15) is 19.8 Å². The molecule has 2 aliphatic heterocycles. The van der Waals surface area contributed by atoms with E-state index in [0.717, 1.165) is 23.5 Å². The van der Waals surface area contributed by atoms with Gasteiger partial charge in [-0.15, -0.1) is 11.3 Å². The molecule has 0 bridgehead atoms. The Morgan fingerprint density at radius 1 is 0.955 bits per heavy atom. The first-order valence-corrected chi connectivity index (χ1v) is 16.2. The van der Waals surface area contributed by atoms with Crippen LogP contribution in [0.2, 0.25) is 0 Å². The van der Waals surface area contributed by atoms with Crippen molar-refractivity contribution < 1.29 is 24.5 Å². The number of ether oxygens (including phenoxy) is 1. The first-order valence-electron chi connectivity index (χ1n) is 15.0. The maximum Gasteiger partial charge on any atom is 0.340 e. The number of phenolic OH excluding ortho intramolecular Hbond substituents is 2. The fourth-order valence-corrected chi connectivity index (χ4v) is 7.08. The zero-order chi connectivity index (χ0) is 31.1. The van der Waals surface area contributed by atoms with E-state index in [0.29, 0.717) is 28.6 Å². The van der Waals surface area contributed by atoms with Crippen molar-refractivity contribution >= 4 is 51.2 Å². The van der Waals surface area contributed by atoms with Gasteiger partial charge in [0.2, 0.25) is 5.91 Å². The Bertz CT molecular complexity index is 1460. The van der Waals surface area contributed by atoms with Gasteiger partial charge in [0.15, 0.2) is 16.6 Å². The Balaban J connectivity index is 1.15. The number of hydrogen-bond acceptors (Lipinski definition) is 9. The van der Waals surface area contributed by atoms with Crippen molar-refractivity contribution in [2.75, 3.05) is 43.5 Å². The summed E-state index contributed by atoms with van der Waals surface area (Å²) in [6, 6.07) is 15.4. The van der Waals surface area contributed by atoms with Crippen molar-refractivity contribution in [1.82, 2.24) is 15.8 Å². The molecule has 0 unspecified atom stereocenters. The summed E-state index contributed by atoms with van der Waals surface area (Å²) in [5, 5.41) is 22.7. The number of hydrazine groups is 1. The lowest BCUT2D eigenvalue weighted by atomic mass is 9.99. The summed E-state index contributed by atoms with van der Waals surface area (Å²) in [7, 11) is 1.33. The quantitative estimate of drug-likeness (QED) is 0.0995.